The summed E-state index contributed by atoms with van der Waals surface area (Å²) < 4.78 is 13.9. The number of halogens is 1. The van der Waals surface area contributed by atoms with Crippen LogP contribution in [0.15, 0.2) is 66.2 Å². The van der Waals surface area contributed by atoms with Crippen LogP contribution in [0.1, 0.15) is 43.2 Å². The van der Waals surface area contributed by atoms with Gasteiger partial charge in [-0.15, -0.1) is 0 Å². The van der Waals surface area contributed by atoms with E-state index in [1.807, 2.05) is 12.1 Å². The first-order chi connectivity index (χ1) is 12.3. The number of piperidine rings is 1. The molecule has 4 rings (SSSR count). The lowest BCUT2D eigenvalue weighted by molar-refractivity contribution is 0.0877. The van der Waals surface area contributed by atoms with Crippen LogP contribution < -0.4 is 0 Å². The van der Waals surface area contributed by atoms with Crippen molar-refractivity contribution in [3.8, 4) is 0 Å². The molecule has 2 aromatic rings. The van der Waals surface area contributed by atoms with Crippen molar-refractivity contribution in [1.82, 2.24) is 4.90 Å². The maximum atomic E-state index is 13.9. The zero-order chi connectivity index (χ0) is 17.1. The van der Waals surface area contributed by atoms with Gasteiger partial charge in [0.2, 0.25) is 0 Å². The minimum Gasteiger partial charge on any atom is -0.289 e. The maximum Gasteiger partial charge on any atom is 0.126 e. The van der Waals surface area contributed by atoms with Crippen molar-refractivity contribution in [2.24, 2.45) is 0 Å². The Labute approximate surface area is 150 Å². The Morgan fingerprint density at radius 2 is 1.72 bits per heavy atom. The Morgan fingerprint density at radius 3 is 2.52 bits per heavy atom. The third-order valence-corrected chi connectivity index (χ3v) is 5.74. The van der Waals surface area contributed by atoms with E-state index < -0.39 is 0 Å². The molecule has 1 nitrogen and oxygen atoms in total. The van der Waals surface area contributed by atoms with E-state index in [4.69, 9.17) is 0 Å². The predicted octanol–water partition coefficient (Wildman–Crippen LogP) is 5.51. The molecule has 2 heteroatoms. The number of nitrogens with zero attached hydrogens (tertiary/aromatic N) is 1. The Bertz CT molecular complexity index is 737. The summed E-state index contributed by atoms with van der Waals surface area (Å²) in [6.45, 7) is 1.05. The molecule has 2 bridgehead atoms. The van der Waals surface area contributed by atoms with Crippen LogP contribution in [0.5, 0.6) is 0 Å². The van der Waals surface area contributed by atoms with Crippen LogP contribution in [0.25, 0.3) is 0 Å². The molecule has 2 aromatic carbocycles. The molecule has 0 amide bonds. The molecule has 2 atom stereocenters. The third kappa shape index (κ3) is 3.85. The molecule has 0 aromatic heterocycles. The van der Waals surface area contributed by atoms with E-state index >= 15 is 0 Å². The van der Waals surface area contributed by atoms with E-state index in [-0.39, 0.29) is 5.82 Å². The molecule has 0 spiro atoms. The summed E-state index contributed by atoms with van der Waals surface area (Å²) in [4.78, 5) is 2.69. The average Bonchev–Trinajstić information content (AvgIpc) is 2.62. The molecule has 2 unspecified atom stereocenters. The van der Waals surface area contributed by atoms with Gasteiger partial charge in [-0.3, -0.25) is 4.90 Å². The van der Waals surface area contributed by atoms with Gasteiger partial charge in [-0.05, 0) is 49.3 Å². The minimum atomic E-state index is -0.0650. The highest BCUT2D eigenvalue weighted by Gasteiger charge is 2.33. The number of hydrogen-bond acceptors (Lipinski definition) is 1. The van der Waals surface area contributed by atoms with Gasteiger partial charge >= 0.3 is 0 Å². The first kappa shape index (κ1) is 16.5. The highest BCUT2D eigenvalue weighted by molar-refractivity contribution is 5.23. The van der Waals surface area contributed by atoms with Crippen LogP contribution in [-0.4, -0.2) is 17.0 Å². The largest absolute Gasteiger partial charge is 0.289 e. The van der Waals surface area contributed by atoms with Crippen molar-refractivity contribution < 1.29 is 4.39 Å². The van der Waals surface area contributed by atoms with Crippen molar-refractivity contribution in [3.63, 3.8) is 0 Å². The zero-order valence-electron chi connectivity index (χ0n) is 14.7. The van der Waals surface area contributed by atoms with E-state index in [1.165, 1.54) is 30.4 Å². The molecule has 0 aliphatic carbocycles. The quantitative estimate of drug-likeness (QED) is 0.651. The van der Waals surface area contributed by atoms with Crippen LogP contribution in [-0.2, 0) is 13.0 Å². The van der Waals surface area contributed by atoms with E-state index in [1.54, 1.807) is 12.1 Å². The Kier molecular flexibility index (Phi) is 4.98. The van der Waals surface area contributed by atoms with Gasteiger partial charge in [0, 0.05) is 18.6 Å². The van der Waals surface area contributed by atoms with Crippen molar-refractivity contribution >= 4 is 0 Å². The number of benzene rings is 2. The summed E-state index contributed by atoms with van der Waals surface area (Å²) in [5.74, 6) is -0.0650. The standard InChI is InChI=1S/C23H26FN/c24-23-12-5-4-9-20(23)14-13-19-15-21-10-6-11-22(16-19)25(21)17-18-7-2-1-3-8-18/h1-5,7-9,12,15,21-22H,6,10-11,13-14,16-17H2. The summed E-state index contributed by atoms with van der Waals surface area (Å²) in [5.41, 5.74) is 3.78. The fourth-order valence-electron chi connectivity index (χ4n) is 4.43. The molecule has 0 N–H and O–H groups in total. The second-order valence-corrected chi connectivity index (χ2v) is 7.43. The lowest BCUT2D eigenvalue weighted by Crippen LogP contribution is -2.48. The Balaban J connectivity index is 1.45. The van der Waals surface area contributed by atoms with Crippen LogP contribution in [0, 0.1) is 5.82 Å². The summed E-state index contributed by atoms with van der Waals surface area (Å²) in [6.07, 6.45) is 9.32. The van der Waals surface area contributed by atoms with Gasteiger partial charge in [-0.25, -0.2) is 4.39 Å². The molecule has 2 heterocycles. The summed E-state index contributed by atoms with van der Waals surface area (Å²) in [5, 5.41) is 0. The molecule has 2 aliphatic rings. The lowest BCUT2D eigenvalue weighted by Gasteiger charge is -2.45. The van der Waals surface area contributed by atoms with Crippen LogP contribution in [0.4, 0.5) is 4.39 Å². The van der Waals surface area contributed by atoms with Crippen molar-refractivity contribution in [3.05, 3.63) is 83.2 Å². The molecule has 1 saturated heterocycles. The summed E-state index contributed by atoms with van der Waals surface area (Å²) in [6, 6.07) is 19.2. The van der Waals surface area contributed by atoms with Crippen molar-refractivity contribution in [2.45, 2.75) is 57.2 Å². The smallest absolute Gasteiger partial charge is 0.126 e. The number of fused-ring (bicyclic) bond motifs is 2. The van der Waals surface area contributed by atoms with Crippen LogP contribution >= 0.6 is 0 Å². The number of hydrogen-bond donors (Lipinski definition) is 0. The predicted molar refractivity (Wildman–Crippen MR) is 101 cm³/mol. The van der Waals surface area contributed by atoms with E-state index in [0.29, 0.717) is 12.1 Å². The zero-order valence-corrected chi connectivity index (χ0v) is 14.7. The SMILES string of the molecule is Fc1ccccc1CCC1=CC2CCCC(C1)N2Cc1ccccc1. The summed E-state index contributed by atoms with van der Waals surface area (Å²) >= 11 is 0. The molecule has 1 fully saturated rings. The molecule has 0 radical (unpaired) electrons. The minimum absolute atomic E-state index is 0.0650. The van der Waals surface area contributed by atoms with E-state index in [2.05, 4.69) is 41.3 Å². The first-order valence-corrected chi connectivity index (χ1v) is 9.52. The number of aryl methyl sites for hydroxylation is 1. The van der Waals surface area contributed by atoms with Gasteiger partial charge in [0.05, 0.1) is 0 Å². The fraction of sp³-hybridized carbons (Fsp3) is 0.391. The second-order valence-electron chi connectivity index (χ2n) is 7.43. The van der Waals surface area contributed by atoms with Gasteiger partial charge in [-0.2, -0.15) is 0 Å². The fourth-order valence-corrected chi connectivity index (χ4v) is 4.43. The van der Waals surface area contributed by atoms with Crippen LogP contribution in [0.3, 0.4) is 0 Å². The van der Waals surface area contributed by atoms with Crippen molar-refractivity contribution in [2.75, 3.05) is 0 Å². The monoisotopic (exact) mass is 335 g/mol. The normalized spacial score (nSPS) is 23.3. The van der Waals surface area contributed by atoms with Crippen molar-refractivity contribution in [1.29, 1.82) is 0 Å². The van der Waals surface area contributed by atoms with Gasteiger partial charge in [0.25, 0.3) is 0 Å². The van der Waals surface area contributed by atoms with Gasteiger partial charge in [-0.1, -0.05) is 66.6 Å². The van der Waals surface area contributed by atoms with E-state index in [9.17, 15) is 4.39 Å². The second kappa shape index (κ2) is 7.53. The average molecular weight is 335 g/mol. The topological polar surface area (TPSA) is 3.24 Å². The van der Waals surface area contributed by atoms with Gasteiger partial charge in [0.1, 0.15) is 5.82 Å². The molecule has 0 saturated carbocycles. The van der Waals surface area contributed by atoms with Gasteiger partial charge in [0.15, 0.2) is 0 Å². The number of rotatable bonds is 5. The molecule has 130 valence electrons. The third-order valence-electron chi connectivity index (χ3n) is 5.74. The first-order valence-electron chi connectivity index (χ1n) is 9.52. The molecular formula is C23H26FN. The maximum absolute atomic E-state index is 13.9. The lowest BCUT2D eigenvalue weighted by atomic mass is 9.83. The summed E-state index contributed by atoms with van der Waals surface area (Å²) in [7, 11) is 0. The Morgan fingerprint density at radius 1 is 0.920 bits per heavy atom. The molecular weight excluding hydrogens is 309 g/mol. The van der Waals surface area contributed by atoms with Gasteiger partial charge < -0.3 is 0 Å². The van der Waals surface area contributed by atoms with Crippen LogP contribution in [0.2, 0.25) is 0 Å². The highest BCUT2D eigenvalue weighted by Crippen LogP contribution is 2.35. The molecule has 2 aliphatic heterocycles. The molecule has 25 heavy (non-hydrogen) atoms. The Hall–Kier alpha value is -1.93. The highest BCUT2D eigenvalue weighted by atomic mass is 19.1. The van der Waals surface area contributed by atoms with E-state index in [0.717, 1.165) is 31.4 Å².